The molecule has 0 spiro atoms. The number of carbonyl (C=O) groups excluding carboxylic acids is 5. The molecular weight excluding hydrogens is 556 g/mol. The fourth-order valence-corrected chi connectivity index (χ4v) is 4.98. The lowest BCUT2D eigenvalue weighted by molar-refractivity contribution is -0.203. The maximum absolute atomic E-state index is 12.4. The Morgan fingerprint density at radius 2 is 1.44 bits per heavy atom. The number of imidazole rings is 1. The van der Waals surface area contributed by atoms with Crippen molar-refractivity contribution in [2.24, 2.45) is 0 Å². The van der Waals surface area contributed by atoms with Crippen LogP contribution in [0.15, 0.2) is 12.7 Å². The third-order valence-electron chi connectivity index (χ3n) is 4.96. The molecule has 2 rings (SSSR count). The van der Waals surface area contributed by atoms with E-state index in [9.17, 15) is 24.0 Å². The number of esters is 5. The quantitative estimate of drug-likeness (QED) is 0.205. The van der Waals surface area contributed by atoms with Crippen LogP contribution in [0.2, 0.25) is 0 Å². The van der Waals surface area contributed by atoms with E-state index in [4.69, 9.17) is 35.9 Å². The molecule has 0 aromatic carbocycles. The van der Waals surface area contributed by atoms with Crippen molar-refractivity contribution in [1.29, 1.82) is 0 Å². The van der Waals surface area contributed by atoms with Gasteiger partial charge in [-0.05, 0) is 5.75 Å². The average Bonchev–Trinajstić information content (AvgIpc) is 3.26. The number of aromatic nitrogens is 4. The van der Waals surface area contributed by atoms with Crippen molar-refractivity contribution in [2.45, 2.75) is 71.3 Å². The molecule has 2 heterocycles. The van der Waals surface area contributed by atoms with Gasteiger partial charge in [-0.15, -0.1) is 11.8 Å². The Morgan fingerprint density at radius 1 is 0.872 bits per heavy atom. The molecule has 2 aromatic heterocycles. The van der Waals surface area contributed by atoms with Crippen molar-refractivity contribution < 1.29 is 47.7 Å². The van der Waals surface area contributed by atoms with Gasteiger partial charge in [0.15, 0.2) is 29.1 Å². The Bertz CT molecular complexity index is 1260. The molecule has 0 saturated heterocycles. The van der Waals surface area contributed by atoms with Crippen LogP contribution in [0.25, 0.3) is 11.2 Å². The van der Waals surface area contributed by atoms with Crippen molar-refractivity contribution in [2.75, 3.05) is 12.4 Å². The number of carbonyl (C=O) groups is 5. The van der Waals surface area contributed by atoms with Crippen LogP contribution in [0.5, 0.6) is 0 Å². The van der Waals surface area contributed by atoms with Crippen molar-refractivity contribution in [1.82, 2.24) is 19.5 Å². The topological polar surface area (TPSA) is 178 Å². The number of hydrogen-bond donors (Lipinski definition) is 1. The molecule has 0 aliphatic heterocycles. The highest BCUT2D eigenvalue weighted by Crippen LogP contribution is 2.36. The van der Waals surface area contributed by atoms with Crippen molar-refractivity contribution in [3.63, 3.8) is 0 Å². The lowest BCUT2D eigenvalue weighted by atomic mass is 10.0. The SMILES string of the molecule is CCS[C@@H]([C@H](OC(C)=O)[C@H](OC(C)=O)[C@H](OC(C)=O)[C@@H](COC(C)=O)OC(C)=O)n1cnc2c(=S)nc[nH]c21. The number of rotatable bonds is 13. The number of thioether (sulfide) groups is 1. The molecule has 16 heteroatoms. The van der Waals surface area contributed by atoms with Gasteiger partial charge in [0.25, 0.3) is 0 Å². The van der Waals surface area contributed by atoms with Gasteiger partial charge in [0.1, 0.15) is 23.1 Å². The molecule has 0 bridgehead atoms. The summed E-state index contributed by atoms with van der Waals surface area (Å²) >= 11 is 6.55. The first-order valence-electron chi connectivity index (χ1n) is 11.7. The lowest BCUT2D eigenvalue weighted by Gasteiger charge is -2.38. The van der Waals surface area contributed by atoms with Gasteiger partial charge in [0, 0.05) is 34.6 Å². The number of hydrogen-bond acceptors (Lipinski definition) is 14. The smallest absolute Gasteiger partial charge is 0.303 e. The second-order valence-corrected chi connectivity index (χ2v) is 9.86. The third-order valence-corrected chi connectivity index (χ3v) is 6.43. The van der Waals surface area contributed by atoms with Gasteiger partial charge in [-0.25, -0.2) is 9.97 Å². The van der Waals surface area contributed by atoms with Gasteiger partial charge in [-0.2, -0.15) is 0 Å². The number of nitrogens with zero attached hydrogens (tertiary/aromatic N) is 3. The van der Waals surface area contributed by atoms with Gasteiger partial charge in [-0.1, -0.05) is 19.1 Å². The molecule has 1 N–H and O–H groups in total. The highest BCUT2D eigenvalue weighted by molar-refractivity contribution is 7.99. The Balaban J connectivity index is 2.77. The van der Waals surface area contributed by atoms with Crippen molar-refractivity contribution in [3.8, 4) is 0 Å². The molecule has 14 nitrogen and oxygen atoms in total. The normalized spacial score (nSPS) is 14.8. The monoisotopic (exact) mass is 586 g/mol. The van der Waals surface area contributed by atoms with E-state index in [0.29, 0.717) is 16.9 Å². The number of ether oxygens (including phenoxy) is 5. The Hall–Kier alpha value is -3.53. The zero-order valence-corrected chi connectivity index (χ0v) is 23.8. The average molecular weight is 587 g/mol. The van der Waals surface area contributed by atoms with Crippen molar-refractivity contribution >= 4 is 65.0 Å². The summed E-state index contributed by atoms with van der Waals surface area (Å²) in [7, 11) is 0. The molecule has 0 saturated carbocycles. The molecule has 0 radical (unpaired) electrons. The second kappa shape index (κ2) is 14.6. The summed E-state index contributed by atoms with van der Waals surface area (Å²) in [6.45, 7) is 6.87. The molecule has 0 aliphatic carbocycles. The maximum atomic E-state index is 12.4. The van der Waals surface area contributed by atoms with Gasteiger partial charge >= 0.3 is 29.8 Å². The highest BCUT2D eigenvalue weighted by Gasteiger charge is 2.47. The first kappa shape index (κ1) is 31.7. The van der Waals surface area contributed by atoms with Crippen LogP contribution in [0.4, 0.5) is 0 Å². The molecule has 0 fully saturated rings. The molecule has 0 unspecified atom stereocenters. The minimum atomic E-state index is -1.56. The van der Waals surface area contributed by atoms with E-state index in [-0.39, 0.29) is 4.64 Å². The molecule has 2 aromatic rings. The first-order chi connectivity index (χ1) is 18.3. The van der Waals surface area contributed by atoms with Crippen LogP contribution < -0.4 is 0 Å². The standard InChI is InChI=1S/C23H30N4O10S2/c1-7-39-23(27-10-26-17-21(27)24-9-25-22(17)38)20(37-15(6)32)19(36-14(5)31)18(35-13(4)30)16(34-12(3)29)8-33-11(2)28/h9-10,16,18-20,23H,7-8H2,1-6H3,(H,24,25,38)/t16-,18-,19-,20-,23+/m1/s1. The van der Waals surface area contributed by atoms with E-state index in [0.717, 1.165) is 34.6 Å². The summed E-state index contributed by atoms with van der Waals surface area (Å²) in [5, 5.41) is -0.842. The molecule has 5 atom stereocenters. The highest BCUT2D eigenvalue weighted by atomic mass is 32.2. The number of aromatic amines is 1. The third kappa shape index (κ3) is 9.02. The van der Waals surface area contributed by atoms with E-state index in [1.807, 2.05) is 6.92 Å². The molecule has 39 heavy (non-hydrogen) atoms. The largest absolute Gasteiger partial charge is 0.462 e. The molecule has 214 valence electrons. The summed E-state index contributed by atoms with van der Waals surface area (Å²) in [6, 6.07) is 0. The van der Waals surface area contributed by atoms with Crippen LogP contribution >= 0.6 is 24.0 Å². The fourth-order valence-electron chi connectivity index (χ4n) is 3.72. The number of nitrogens with one attached hydrogen (secondary N) is 1. The number of H-pyrrole nitrogens is 1. The second-order valence-electron chi connectivity index (χ2n) is 8.08. The molecular formula is C23H30N4O10S2. The Labute approximate surface area is 233 Å². The maximum Gasteiger partial charge on any atom is 0.303 e. The van der Waals surface area contributed by atoms with Gasteiger partial charge < -0.3 is 33.2 Å². The fraction of sp³-hybridized carbons (Fsp3) is 0.565. The summed E-state index contributed by atoms with van der Waals surface area (Å²) in [6.07, 6.45) is -3.06. The van der Waals surface area contributed by atoms with E-state index in [1.54, 1.807) is 4.57 Å². The van der Waals surface area contributed by atoms with E-state index in [2.05, 4.69) is 15.0 Å². The zero-order valence-electron chi connectivity index (χ0n) is 22.2. The van der Waals surface area contributed by atoms with E-state index < -0.39 is 66.2 Å². The number of fused-ring (bicyclic) bond motifs is 1. The zero-order chi connectivity index (χ0) is 29.3. The van der Waals surface area contributed by atoms with Crippen LogP contribution in [-0.2, 0) is 47.7 Å². The predicted molar refractivity (Wildman–Crippen MR) is 139 cm³/mol. The summed E-state index contributed by atoms with van der Waals surface area (Å²) in [5.74, 6) is -3.41. The summed E-state index contributed by atoms with van der Waals surface area (Å²) < 4.78 is 29.0. The Morgan fingerprint density at radius 3 is 1.97 bits per heavy atom. The summed E-state index contributed by atoms with van der Waals surface area (Å²) in [4.78, 5) is 71.7. The Kier molecular flexibility index (Phi) is 11.8. The van der Waals surface area contributed by atoms with Crippen LogP contribution in [0.1, 0.15) is 46.9 Å². The van der Waals surface area contributed by atoms with Crippen LogP contribution in [0, 0.1) is 4.64 Å². The van der Waals surface area contributed by atoms with Crippen molar-refractivity contribution in [3.05, 3.63) is 17.3 Å². The van der Waals surface area contributed by atoms with E-state index in [1.165, 1.54) is 24.4 Å². The lowest BCUT2D eigenvalue weighted by Crippen LogP contribution is -2.54. The molecule has 0 amide bonds. The summed E-state index contributed by atoms with van der Waals surface area (Å²) in [5.41, 5.74) is 0.796. The van der Waals surface area contributed by atoms with Crippen LogP contribution in [-0.4, -0.2) is 86.1 Å². The first-order valence-corrected chi connectivity index (χ1v) is 13.1. The minimum Gasteiger partial charge on any atom is -0.462 e. The van der Waals surface area contributed by atoms with Gasteiger partial charge in [-0.3, -0.25) is 24.0 Å². The van der Waals surface area contributed by atoms with Crippen LogP contribution in [0.3, 0.4) is 0 Å². The minimum absolute atomic E-state index is 0.220. The van der Waals surface area contributed by atoms with Gasteiger partial charge in [0.05, 0.1) is 12.7 Å². The molecule has 0 aliphatic rings. The predicted octanol–water partition coefficient (Wildman–Crippen LogP) is 2.03. The van der Waals surface area contributed by atoms with Gasteiger partial charge in [0.2, 0.25) is 0 Å². The van der Waals surface area contributed by atoms with E-state index >= 15 is 0 Å².